The van der Waals surface area contributed by atoms with E-state index in [4.69, 9.17) is 0 Å². The number of benzene rings is 1. The highest BCUT2D eigenvalue weighted by Gasteiger charge is 2.20. The van der Waals surface area contributed by atoms with Crippen molar-refractivity contribution >= 4 is 13.3 Å². The minimum atomic E-state index is -6.00. The van der Waals surface area contributed by atoms with Crippen molar-refractivity contribution in [1.29, 1.82) is 0 Å². The van der Waals surface area contributed by atoms with Gasteiger partial charge in [0.1, 0.15) is 0 Å². The van der Waals surface area contributed by atoms with Gasteiger partial charge in [0.2, 0.25) is 0 Å². The highest BCUT2D eigenvalue weighted by molar-refractivity contribution is 6.50. The van der Waals surface area contributed by atoms with Crippen LogP contribution in [0.4, 0.5) is 17.3 Å². The molecule has 0 radical (unpaired) electrons. The zero-order valence-electron chi connectivity index (χ0n) is 10.9. The number of allylic oxidation sites excluding steroid dienone is 2. The van der Waals surface area contributed by atoms with E-state index >= 15 is 0 Å². The molecular formula is C14H15BF4N-. The van der Waals surface area contributed by atoms with Crippen LogP contribution in [-0.2, 0) is 6.54 Å². The van der Waals surface area contributed by atoms with Crippen LogP contribution in [0.5, 0.6) is 0 Å². The van der Waals surface area contributed by atoms with Gasteiger partial charge < -0.3 is 22.2 Å². The van der Waals surface area contributed by atoms with E-state index in [1.807, 2.05) is 6.08 Å². The molecule has 0 bridgehead atoms. The molecule has 0 N–H and O–H groups in total. The summed E-state index contributed by atoms with van der Waals surface area (Å²) in [4.78, 5) is 2.28. The largest absolute Gasteiger partial charge is 0.673 e. The maximum atomic E-state index is 9.75. The highest BCUT2D eigenvalue weighted by atomic mass is 19.5. The summed E-state index contributed by atoms with van der Waals surface area (Å²) < 4.78 is 39.0. The topological polar surface area (TPSA) is 3.24 Å². The molecule has 108 valence electrons. The predicted molar refractivity (Wildman–Crippen MR) is 75.4 cm³/mol. The highest BCUT2D eigenvalue weighted by Crippen LogP contribution is 2.10. The summed E-state index contributed by atoms with van der Waals surface area (Å²) in [6, 6.07) is 8.52. The second kappa shape index (κ2) is 7.57. The summed E-state index contributed by atoms with van der Waals surface area (Å²) in [5.41, 5.74) is 2.51. The van der Waals surface area contributed by atoms with Gasteiger partial charge in [0.15, 0.2) is 0 Å². The maximum Gasteiger partial charge on any atom is 0.673 e. The molecule has 6 heteroatoms. The molecule has 20 heavy (non-hydrogen) atoms. The van der Waals surface area contributed by atoms with Crippen molar-refractivity contribution in [3.05, 3.63) is 66.4 Å². The van der Waals surface area contributed by atoms with E-state index in [2.05, 4.69) is 60.2 Å². The van der Waals surface area contributed by atoms with Gasteiger partial charge in [-0.05, 0) is 23.4 Å². The molecule has 0 aromatic heterocycles. The van der Waals surface area contributed by atoms with Crippen LogP contribution in [0.25, 0.3) is 6.08 Å². The van der Waals surface area contributed by atoms with Crippen LogP contribution >= 0.6 is 0 Å². The van der Waals surface area contributed by atoms with Gasteiger partial charge in [-0.15, -0.1) is 0 Å². The molecule has 0 saturated heterocycles. The molecule has 0 aliphatic carbocycles. The zero-order chi connectivity index (χ0) is 15.0. The third kappa shape index (κ3) is 7.46. The van der Waals surface area contributed by atoms with Crippen LogP contribution < -0.4 is 0 Å². The van der Waals surface area contributed by atoms with Crippen molar-refractivity contribution in [2.75, 3.05) is 6.54 Å². The minimum Gasteiger partial charge on any atom is -0.418 e. The molecule has 0 unspecified atom stereocenters. The number of hydrogen-bond donors (Lipinski definition) is 0. The molecule has 0 spiro atoms. The van der Waals surface area contributed by atoms with Gasteiger partial charge in [-0.2, -0.15) is 0 Å². The molecule has 2 rings (SSSR count). The summed E-state index contributed by atoms with van der Waals surface area (Å²) >= 11 is 0. The van der Waals surface area contributed by atoms with Crippen molar-refractivity contribution in [2.45, 2.75) is 6.54 Å². The van der Waals surface area contributed by atoms with Gasteiger partial charge in [-0.1, -0.05) is 49.1 Å². The molecular weight excluding hydrogens is 269 g/mol. The average Bonchev–Trinajstić information content (AvgIpc) is 2.39. The zero-order valence-corrected chi connectivity index (χ0v) is 10.9. The smallest absolute Gasteiger partial charge is 0.418 e. The third-order valence-electron chi connectivity index (χ3n) is 2.49. The van der Waals surface area contributed by atoms with E-state index < -0.39 is 7.25 Å². The summed E-state index contributed by atoms with van der Waals surface area (Å²) in [7, 11) is -6.00. The molecule has 0 fully saturated rings. The predicted octanol–water partition coefficient (Wildman–Crippen LogP) is 4.52. The molecule has 1 heterocycles. The van der Waals surface area contributed by atoms with Crippen LogP contribution in [-0.4, -0.2) is 18.7 Å². The fourth-order valence-electron chi connectivity index (χ4n) is 1.62. The van der Waals surface area contributed by atoms with Crippen molar-refractivity contribution in [3.8, 4) is 0 Å². The van der Waals surface area contributed by atoms with Gasteiger partial charge in [0.25, 0.3) is 0 Å². The van der Waals surface area contributed by atoms with Crippen LogP contribution in [0, 0.1) is 0 Å². The Morgan fingerprint density at radius 3 is 2.15 bits per heavy atom. The lowest BCUT2D eigenvalue weighted by molar-refractivity contribution is 0.368. The lowest BCUT2D eigenvalue weighted by Crippen LogP contribution is -2.17. The second-order valence-corrected chi connectivity index (χ2v) is 4.14. The standard InChI is InChI=1S/C14H15N.BF4/c1-2-13-6-8-14(9-7-13)12-15-10-4-3-5-11-15;2-1(3,4)5/h2-10H,1,11-12H2;/q;-1. The first kappa shape index (κ1) is 16.1. The SMILES string of the molecule is C=Cc1ccc(CN2C=CC=CC2)cc1.F[B-](F)(F)F. The molecule has 0 saturated carbocycles. The van der Waals surface area contributed by atoms with Gasteiger partial charge in [-0.3, -0.25) is 0 Å². The van der Waals surface area contributed by atoms with E-state index in [0.29, 0.717) is 0 Å². The Labute approximate surface area is 116 Å². The number of halogens is 4. The van der Waals surface area contributed by atoms with Crippen molar-refractivity contribution in [2.24, 2.45) is 0 Å². The van der Waals surface area contributed by atoms with Gasteiger partial charge in [0, 0.05) is 13.1 Å². The van der Waals surface area contributed by atoms with E-state index in [1.165, 1.54) is 11.1 Å². The lowest BCUT2D eigenvalue weighted by atomic mass is 10.1. The summed E-state index contributed by atoms with van der Waals surface area (Å²) in [6.45, 7) is 5.72. The Bertz CT molecular complexity index is 471. The number of hydrogen-bond acceptors (Lipinski definition) is 1. The van der Waals surface area contributed by atoms with Crippen molar-refractivity contribution in [1.82, 2.24) is 4.90 Å². The lowest BCUT2D eigenvalue weighted by Gasteiger charge is -2.20. The van der Waals surface area contributed by atoms with Crippen LogP contribution in [0.15, 0.2) is 55.3 Å². The summed E-state index contributed by atoms with van der Waals surface area (Å²) in [5, 5.41) is 0. The average molecular weight is 284 g/mol. The Balaban J connectivity index is 0.000000347. The monoisotopic (exact) mass is 284 g/mol. The fraction of sp³-hybridized carbons (Fsp3) is 0.143. The Morgan fingerprint density at radius 2 is 1.70 bits per heavy atom. The van der Waals surface area contributed by atoms with E-state index in [-0.39, 0.29) is 0 Å². The third-order valence-corrected chi connectivity index (χ3v) is 2.49. The Hall–Kier alpha value is -1.98. The van der Waals surface area contributed by atoms with Crippen LogP contribution in [0.1, 0.15) is 11.1 Å². The van der Waals surface area contributed by atoms with Crippen molar-refractivity contribution in [3.63, 3.8) is 0 Å². The van der Waals surface area contributed by atoms with E-state index in [1.54, 1.807) is 0 Å². The van der Waals surface area contributed by atoms with Gasteiger partial charge in [-0.25, -0.2) is 0 Å². The van der Waals surface area contributed by atoms with Gasteiger partial charge >= 0.3 is 7.25 Å². The first-order valence-electron chi connectivity index (χ1n) is 6.04. The number of nitrogens with zero attached hydrogens (tertiary/aromatic N) is 1. The first-order chi connectivity index (χ1) is 9.38. The van der Waals surface area contributed by atoms with Crippen LogP contribution in [0.2, 0.25) is 0 Å². The van der Waals surface area contributed by atoms with Gasteiger partial charge in [0.05, 0.1) is 0 Å². The summed E-state index contributed by atoms with van der Waals surface area (Å²) in [5.74, 6) is 0. The van der Waals surface area contributed by atoms with E-state index in [0.717, 1.165) is 13.1 Å². The normalized spacial score (nSPS) is 13.7. The fourth-order valence-corrected chi connectivity index (χ4v) is 1.62. The Morgan fingerprint density at radius 1 is 1.10 bits per heavy atom. The Kier molecular flexibility index (Phi) is 6.09. The molecule has 1 aromatic carbocycles. The molecule has 0 atom stereocenters. The molecule has 1 aliphatic rings. The minimum absolute atomic E-state index is 0.970. The first-order valence-corrected chi connectivity index (χ1v) is 6.04. The maximum absolute atomic E-state index is 9.75. The molecule has 1 nitrogen and oxygen atoms in total. The summed E-state index contributed by atoms with van der Waals surface area (Å²) in [6.07, 6.45) is 10.3. The van der Waals surface area contributed by atoms with E-state index in [9.17, 15) is 17.3 Å². The second-order valence-electron chi connectivity index (χ2n) is 4.14. The molecule has 0 amide bonds. The molecule has 1 aliphatic heterocycles. The van der Waals surface area contributed by atoms with Crippen molar-refractivity contribution < 1.29 is 17.3 Å². The number of rotatable bonds is 3. The molecule has 1 aromatic rings. The van der Waals surface area contributed by atoms with Crippen LogP contribution in [0.3, 0.4) is 0 Å². The quantitative estimate of drug-likeness (QED) is 0.583.